The van der Waals surface area contributed by atoms with Crippen molar-refractivity contribution in [3.05, 3.63) is 70.5 Å². The highest BCUT2D eigenvalue weighted by Gasteiger charge is 2.45. The zero-order valence-corrected chi connectivity index (χ0v) is 14.8. The zero-order valence-electron chi connectivity index (χ0n) is 14.0. The van der Waals surface area contributed by atoms with Crippen molar-refractivity contribution in [2.45, 2.75) is 31.2 Å². The Balaban J connectivity index is 1.83. The summed E-state index contributed by atoms with van der Waals surface area (Å²) in [5.41, 5.74) is -2.22. The molecular weight excluding hydrogens is 384 g/mol. The first-order chi connectivity index (χ1) is 12.6. The number of hydrogen-bond donors (Lipinski definition) is 1. The first-order valence-electron chi connectivity index (χ1n) is 8.10. The van der Waals surface area contributed by atoms with Gasteiger partial charge in [0.25, 0.3) is 5.91 Å². The number of hydrogen-bond acceptors (Lipinski definition) is 2. The topological polar surface area (TPSA) is 42.0 Å². The Bertz CT molecular complexity index is 913. The van der Waals surface area contributed by atoms with Gasteiger partial charge in [0.1, 0.15) is 0 Å². The summed E-state index contributed by atoms with van der Waals surface area (Å²) in [7, 11) is 0. The second kappa shape index (κ2) is 6.96. The summed E-state index contributed by atoms with van der Waals surface area (Å²) < 4.78 is 54.3. The number of benzene rings is 1. The minimum Gasteiger partial charge on any atom is -0.349 e. The number of amides is 1. The fourth-order valence-electron chi connectivity index (χ4n) is 3.07. The summed E-state index contributed by atoms with van der Waals surface area (Å²) in [6.07, 6.45) is -3.01. The molecule has 1 N–H and O–H groups in total. The molecule has 0 radical (unpaired) electrons. The number of nitrogens with one attached hydrogen (secondary N) is 1. The normalized spacial score (nSPS) is 19.5. The van der Waals surface area contributed by atoms with Gasteiger partial charge in [-0.1, -0.05) is 36.4 Å². The van der Waals surface area contributed by atoms with E-state index in [1.807, 2.05) is 0 Å². The van der Waals surface area contributed by atoms with E-state index in [4.69, 9.17) is 11.6 Å². The lowest BCUT2D eigenvalue weighted by atomic mass is 9.80. The molecule has 1 aliphatic rings. The van der Waals surface area contributed by atoms with Crippen LogP contribution in [0.2, 0.25) is 5.02 Å². The van der Waals surface area contributed by atoms with Crippen molar-refractivity contribution in [3.63, 3.8) is 0 Å². The number of carbonyl (C=O) groups excluding carboxylic acids is 1. The van der Waals surface area contributed by atoms with Crippen molar-refractivity contribution in [1.82, 2.24) is 10.3 Å². The summed E-state index contributed by atoms with van der Waals surface area (Å²) in [6.45, 7) is 3.50. The van der Waals surface area contributed by atoms with Gasteiger partial charge in [0, 0.05) is 18.3 Å². The van der Waals surface area contributed by atoms with Crippen LogP contribution in [-0.2, 0) is 23.2 Å². The van der Waals surface area contributed by atoms with Crippen LogP contribution in [0.15, 0.2) is 43.1 Å². The van der Waals surface area contributed by atoms with Crippen molar-refractivity contribution in [1.29, 1.82) is 0 Å². The van der Waals surface area contributed by atoms with Crippen LogP contribution < -0.4 is 5.32 Å². The average molecular weight is 399 g/mol. The summed E-state index contributed by atoms with van der Waals surface area (Å²) in [4.78, 5) is 16.6. The number of rotatable bonds is 3. The first-order valence-corrected chi connectivity index (χ1v) is 8.48. The molecule has 0 spiro atoms. The fraction of sp³-hybridized carbons (Fsp3) is 0.263. The van der Waals surface area contributed by atoms with Gasteiger partial charge >= 0.3 is 6.18 Å². The number of allylic oxidation sites excluding steroid dienone is 1. The highest BCUT2D eigenvalue weighted by Crippen LogP contribution is 2.42. The van der Waals surface area contributed by atoms with Gasteiger partial charge in [0.15, 0.2) is 0 Å². The van der Waals surface area contributed by atoms with Crippen molar-refractivity contribution in [2.75, 3.05) is 0 Å². The van der Waals surface area contributed by atoms with Crippen LogP contribution in [0.4, 0.5) is 17.6 Å². The molecular formula is C19H15ClF4N2O. The van der Waals surface area contributed by atoms with Gasteiger partial charge in [-0.15, -0.1) is 0 Å². The smallest absolute Gasteiger partial charge is 0.349 e. The van der Waals surface area contributed by atoms with Gasteiger partial charge in [0.2, 0.25) is 5.67 Å². The van der Waals surface area contributed by atoms with Gasteiger partial charge in [0.05, 0.1) is 16.3 Å². The maximum Gasteiger partial charge on any atom is 0.417 e. The zero-order chi connectivity index (χ0) is 19.8. The van der Waals surface area contributed by atoms with E-state index in [0.29, 0.717) is 11.3 Å². The monoisotopic (exact) mass is 398 g/mol. The van der Waals surface area contributed by atoms with Gasteiger partial charge < -0.3 is 5.32 Å². The number of carbonyl (C=O) groups is 1. The number of pyridine rings is 1. The van der Waals surface area contributed by atoms with Crippen molar-refractivity contribution in [3.8, 4) is 0 Å². The molecule has 0 fully saturated rings. The van der Waals surface area contributed by atoms with Gasteiger partial charge in [-0.05, 0) is 36.1 Å². The number of alkyl halides is 4. The molecule has 1 aliphatic carbocycles. The average Bonchev–Trinajstić information content (AvgIpc) is 2.63. The SMILES string of the molecule is C=C1CC[C@](F)(C(=O)NCc2cccc(C(F)(F)F)c2Cl)c2cccnc21. The molecule has 1 atom stereocenters. The molecule has 3 rings (SSSR count). The molecule has 1 aromatic carbocycles. The van der Waals surface area contributed by atoms with Gasteiger partial charge in [-0.2, -0.15) is 13.2 Å². The molecule has 2 aromatic rings. The number of fused-ring (bicyclic) bond motifs is 1. The Morgan fingerprint density at radius 2 is 2.04 bits per heavy atom. The molecule has 1 aromatic heterocycles. The van der Waals surface area contributed by atoms with Crippen LogP contribution in [0.25, 0.3) is 5.57 Å². The van der Waals surface area contributed by atoms with Crippen LogP contribution in [0.1, 0.15) is 35.2 Å². The quantitative estimate of drug-likeness (QED) is 0.736. The molecule has 0 unspecified atom stereocenters. The van der Waals surface area contributed by atoms with E-state index in [1.54, 1.807) is 0 Å². The van der Waals surface area contributed by atoms with E-state index in [0.717, 1.165) is 6.07 Å². The Hall–Kier alpha value is -2.41. The van der Waals surface area contributed by atoms with E-state index in [2.05, 4.69) is 16.9 Å². The molecule has 142 valence electrons. The molecule has 8 heteroatoms. The third-order valence-corrected chi connectivity index (χ3v) is 4.97. The standard InChI is InChI=1S/C19H15ClF4N2O/c1-11-7-8-18(21,14-6-3-9-25-16(11)14)17(27)26-10-12-4-2-5-13(15(12)20)19(22,23)24/h2-6,9H,1,7-8,10H2,(H,26,27)/t18-/m1/s1. The maximum atomic E-state index is 15.5. The van der Waals surface area contributed by atoms with Crippen LogP contribution >= 0.6 is 11.6 Å². The molecule has 0 saturated carbocycles. The summed E-state index contributed by atoms with van der Waals surface area (Å²) >= 11 is 5.81. The molecule has 0 saturated heterocycles. The van der Waals surface area contributed by atoms with Crippen LogP contribution in [0.3, 0.4) is 0 Å². The van der Waals surface area contributed by atoms with Crippen molar-refractivity contribution >= 4 is 23.1 Å². The fourth-order valence-corrected chi connectivity index (χ4v) is 3.37. The lowest BCUT2D eigenvalue weighted by Crippen LogP contribution is -2.43. The Morgan fingerprint density at radius 1 is 1.30 bits per heavy atom. The molecule has 1 amide bonds. The number of aromatic nitrogens is 1. The first kappa shape index (κ1) is 19.4. The highest BCUT2D eigenvalue weighted by molar-refractivity contribution is 6.32. The van der Waals surface area contributed by atoms with Crippen LogP contribution in [-0.4, -0.2) is 10.9 Å². The van der Waals surface area contributed by atoms with Crippen molar-refractivity contribution < 1.29 is 22.4 Å². The Kier molecular flexibility index (Phi) is 4.99. The van der Waals surface area contributed by atoms with E-state index in [9.17, 15) is 18.0 Å². The predicted molar refractivity (Wildman–Crippen MR) is 93.6 cm³/mol. The second-order valence-corrected chi connectivity index (χ2v) is 6.64. The summed E-state index contributed by atoms with van der Waals surface area (Å²) in [5, 5.41) is 1.84. The molecule has 1 heterocycles. The van der Waals surface area contributed by atoms with E-state index in [-0.39, 0.29) is 30.5 Å². The van der Waals surface area contributed by atoms with Gasteiger partial charge in [-0.25, -0.2) is 4.39 Å². The highest BCUT2D eigenvalue weighted by atomic mass is 35.5. The van der Waals surface area contributed by atoms with E-state index in [1.165, 1.54) is 30.5 Å². The number of halogens is 5. The van der Waals surface area contributed by atoms with Crippen LogP contribution in [0.5, 0.6) is 0 Å². The lowest BCUT2D eigenvalue weighted by Gasteiger charge is -2.31. The molecule has 0 aliphatic heterocycles. The summed E-state index contributed by atoms with van der Waals surface area (Å²) in [5.74, 6) is -0.947. The minimum absolute atomic E-state index is 0.0510. The molecule has 0 bridgehead atoms. The maximum absolute atomic E-state index is 15.5. The third-order valence-electron chi connectivity index (χ3n) is 4.52. The van der Waals surface area contributed by atoms with E-state index >= 15 is 4.39 Å². The van der Waals surface area contributed by atoms with Gasteiger partial charge in [-0.3, -0.25) is 9.78 Å². The van der Waals surface area contributed by atoms with E-state index < -0.39 is 28.3 Å². The third kappa shape index (κ3) is 3.56. The minimum atomic E-state index is -4.62. The van der Waals surface area contributed by atoms with Crippen LogP contribution in [0, 0.1) is 0 Å². The van der Waals surface area contributed by atoms with Crippen molar-refractivity contribution in [2.24, 2.45) is 0 Å². The predicted octanol–water partition coefficient (Wildman–Crippen LogP) is 5.04. The largest absolute Gasteiger partial charge is 0.417 e. The Morgan fingerprint density at radius 3 is 2.74 bits per heavy atom. The molecule has 3 nitrogen and oxygen atoms in total. The summed E-state index contributed by atoms with van der Waals surface area (Å²) in [6, 6.07) is 6.36. The second-order valence-electron chi connectivity index (χ2n) is 6.26. The molecule has 27 heavy (non-hydrogen) atoms. The number of nitrogens with zero attached hydrogens (tertiary/aromatic N) is 1. The lowest BCUT2D eigenvalue weighted by molar-refractivity contribution is -0.137. The Labute approximate surface area is 158 Å².